The van der Waals surface area contributed by atoms with Crippen molar-refractivity contribution in [1.82, 2.24) is 14.5 Å². The molecule has 0 saturated heterocycles. The summed E-state index contributed by atoms with van der Waals surface area (Å²) in [6, 6.07) is 3.90. The van der Waals surface area contributed by atoms with Crippen molar-refractivity contribution in [1.29, 1.82) is 0 Å². The van der Waals surface area contributed by atoms with E-state index in [1.807, 2.05) is 4.57 Å². The van der Waals surface area contributed by atoms with Crippen molar-refractivity contribution in [2.45, 2.75) is 50.4 Å². The van der Waals surface area contributed by atoms with Crippen LogP contribution in [0.5, 0.6) is 0 Å². The summed E-state index contributed by atoms with van der Waals surface area (Å²) in [4.78, 5) is 19.2. The Bertz CT molecular complexity index is 865. The summed E-state index contributed by atoms with van der Waals surface area (Å²) < 4.78 is 28.3. The van der Waals surface area contributed by atoms with Gasteiger partial charge in [0, 0.05) is 30.1 Å². The summed E-state index contributed by atoms with van der Waals surface area (Å²) in [6.07, 6.45) is 2.82. The van der Waals surface area contributed by atoms with Gasteiger partial charge in [0.15, 0.2) is 11.6 Å². The van der Waals surface area contributed by atoms with Crippen molar-refractivity contribution in [3.8, 4) is 0 Å². The standard InChI is InChI=1S/C20H25F2N3OS/c1-3-24(4-2)10-11-25-18-7-5-6-15(18)19(23-20(25)26)27-13-14-8-9-16(21)17(22)12-14/h8-9,12H,3-7,10-11,13H2,1-2H3. The van der Waals surface area contributed by atoms with Gasteiger partial charge in [-0.05, 0) is 50.0 Å². The Morgan fingerprint density at radius 2 is 1.96 bits per heavy atom. The number of rotatable bonds is 8. The van der Waals surface area contributed by atoms with Gasteiger partial charge in [-0.25, -0.2) is 13.6 Å². The summed E-state index contributed by atoms with van der Waals surface area (Å²) in [6.45, 7) is 7.65. The van der Waals surface area contributed by atoms with E-state index >= 15 is 0 Å². The van der Waals surface area contributed by atoms with Crippen molar-refractivity contribution in [3.63, 3.8) is 0 Å². The molecule has 0 saturated carbocycles. The molecule has 1 aromatic carbocycles. The molecule has 0 radical (unpaired) electrons. The number of halogens is 2. The van der Waals surface area contributed by atoms with E-state index in [1.54, 1.807) is 6.07 Å². The minimum absolute atomic E-state index is 0.212. The van der Waals surface area contributed by atoms with Crippen LogP contribution in [0.1, 0.15) is 37.1 Å². The van der Waals surface area contributed by atoms with E-state index in [9.17, 15) is 13.6 Å². The first-order valence-corrected chi connectivity index (χ1v) is 10.4. The third-order valence-corrected chi connectivity index (χ3v) is 6.18. The van der Waals surface area contributed by atoms with Gasteiger partial charge in [-0.3, -0.25) is 4.57 Å². The van der Waals surface area contributed by atoms with Crippen molar-refractivity contribution in [2.75, 3.05) is 19.6 Å². The van der Waals surface area contributed by atoms with Crippen LogP contribution in [0.25, 0.3) is 0 Å². The summed E-state index contributed by atoms with van der Waals surface area (Å²) >= 11 is 1.43. The molecule has 7 heteroatoms. The van der Waals surface area contributed by atoms with Crippen LogP contribution in [0.15, 0.2) is 28.0 Å². The Hall–Kier alpha value is -1.73. The van der Waals surface area contributed by atoms with Crippen LogP contribution >= 0.6 is 11.8 Å². The zero-order valence-corrected chi connectivity index (χ0v) is 16.6. The first-order chi connectivity index (χ1) is 13.0. The van der Waals surface area contributed by atoms with E-state index in [0.717, 1.165) is 61.2 Å². The molecule has 0 bridgehead atoms. The van der Waals surface area contributed by atoms with Gasteiger partial charge in [0.2, 0.25) is 0 Å². The lowest BCUT2D eigenvalue weighted by Gasteiger charge is -2.20. The lowest BCUT2D eigenvalue weighted by atomic mass is 10.2. The van der Waals surface area contributed by atoms with Crippen molar-refractivity contribution >= 4 is 11.8 Å². The van der Waals surface area contributed by atoms with Crippen molar-refractivity contribution in [3.05, 3.63) is 57.1 Å². The van der Waals surface area contributed by atoms with Crippen LogP contribution in [0.2, 0.25) is 0 Å². The minimum Gasteiger partial charge on any atom is -0.302 e. The van der Waals surface area contributed by atoms with Crippen LogP contribution in [0, 0.1) is 11.6 Å². The van der Waals surface area contributed by atoms with Gasteiger partial charge in [-0.2, -0.15) is 4.98 Å². The van der Waals surface area contributed by atoms with E-state index in [1.165, 1.54) is 17.8 Å². The van der Waals surface area contributed by atoms with Crippen LogP contribution in [-0.2, 0) is 25.1 Å². The van der Waals surface area contributed by atoms with E-state index in [2.05, 4.69) is 23.7 Å². The van der Waals surface area contributed by atoms with Gasteiger partial charge in [0.25, 0.3) is 0 Å². The fourth-order valence-electron chi connectivity index (χ4n) is 3.50. The third-order valence-electron chi connectivity index (χ3n) is 5.09. The molecule has 4 nitrogen and oxygen atoms in total. The van der Waals surface area contributed by atoms with Crippen LogP contribution in [-0.4, -0.2) is 34.1 Å². The van der Waals surface area contributed by atoms with Gasteiger partial charge in [-0.15, -0.1) is 11.8 Å². The Labute approximate surface area is 162 Å². The second-order valence-corrected chi connectivity index (χ2v) is 7.66. The van der Waals surface area contributed by atoms with Crippen molar-refractivity contribution in [2.24, 2.45) is 0 Å². The molecule has 1 aliphatic carbocycles. The average molecular weight is 394 g/mol. The molecule has 0 fully saturated rings. The molecule has 1 heterocycles. The van der Waals surface area contributed by atoms with Crippen LogP contribution in [0.4, 0.5) is 8.78 Å². The van der Waals surface area contributed by atoms with Gasteiger partial charge in [0.1, 0.15) is 5.03 Å². The molecule has 0 atom stereocenters. The highest BCUT2D eigenvalue weighted by Gasteiger charge is 2.22. The smallest absolute Gasteiger partial charge is 0.302 e. The van der Waals surface area contributed by atoms with Gasteiger partial charge in [-0.1, -0.05) is 19.9 Å². The molecule has 0 N–H and O–H groups in total. The molecule has 3 rings (SSSR count). The second kappa shape index (κ2) is 8.97. The Kier molecular flexibility index (Phi) is 6.65. The molecule has 1 aromatic heterocycles. The highest BCUT2D eigenvalue weighted by molar-refractivity contribution is 7.98. The number of benzene rings is 1. The minimum atomic E-state index is -0.849. The zero-order valence-electron chi connectivity index (χ0n) is 15.8. The number of hydrogen-bond acceptors (Lipinski definition) is 4. The number of fused-ring (bicyclic) bond motifs is 1. The lowest BCUT2D eigenvalue weighted by molar-refractivity contribution is 0.286. The quantitative estimate of drug-likeness (QED) is 0.507. The van der Waals surface area contributed by atoms with E-state index in [-0.39, 0.29) is 5.69 Å². The van der Waals surface area contributed by atoms with E-state index in [4.69, 9.17) is 0 Å². The Balaban J connectivity index is 1.79. The third kappa shape index (κ3) is 4.58. The van der Waals surface area contributed by atoms with Crippen molar-refractivity contribution < 1.29 is 8.78 Å². The molecule has 0 spiro atoms. The SMILES string of the molecule is CCN(CC)CCn1c2c(c(SCc3ccc(F)c(F)c3)nc1=O)CCC2. The van der Waals surface area contributed by atoms with E-state index < -0.39 is 11.6 Å². The number of likely N-dealkylation sites (N-methyl/N-ethyl adjacent to an activating group) is 1. The van der Waals surface area contributed by atoms with E-state index in [0.29, 0.717) is 17.9 Å². The van der Waals surface area contributed by atoms with Gasteiger partial charge >= 0.3 is 5.69 Å². The molecular formula is C20H25F2N3OS. The molecule has 0 aliphatic heterocycles. The van der Waals surface area contributed by atoms with Crippen LogP contribution in [0.3, 0.4) is 0 Å². The zero-order chi connectivity index (χ0) is 19.4. The van der Waals surface area contributed by atoms with Crippen LogP contribution < -0.4 is 5.69 Å². The summed E-state index contributed by atoms with van der Waals surface area (Å²) in [5.74, 6) is -1.24. The number of nitrogens with zero attached hydrogens (tertiary/aromatic N) is 3. The molecule has 146 valence electrons. The highest BCUT2D eigenvalue weighted by Crippen LogP contribution is 2.31. The van der Waals surface area contributed by atoms with Gasteiger partial charge in [0.05, 0.1) is 0 Å². The molecule has 0 unspecified atom stereocenters. The molecule has 2 aromatic rings. The fraction of sp³-hybridized carbons (Fsp3) is 0.500. The maximum absolute atomic E-state index is 13.4. The summed E-state index contributed by atoms with van der Waals surface area (Å²) in [5.41, 5.74) is 2.70. The normalized spacial score (nSPS) is 13.4. The largest absolute Gasteiger partial charge is 0.348 e. The fourth-order valence-corrected chi connectivity index (χ4v) is 4.52. The monoisotopic (exact) mass is 393 g/mol. The molecule has 27 heavy (non-hydrogen) atoms. The maximum Gasteiger partial charge on any atom is 0.348 e. The molecule has 0 amide bonds. The molecular weight excluding hydrogens is 368 g/mol. The first kappa shape index (κ1) is 20.0. The van der Waals surface area contributed by atoms with Gasteiger partial charge < -0.3 is 4.90 Å². The first-order valence-electron chi connectivity index (χ1n) is 9.45. The summed E-state index contributed by atoms with van der Waals surface area (Å²) in [7, 11) is 0. The lowest BCUT2D eigenvalue weighted by Crippen LogP contribution is -2.33. The topological polar surface area (TPSA) is 38.1 Å². The number of aromatic nitrogens is 2. The number of hydrogen-bond donors (Lipinski definition) is 0. The predicted octanol–water partition coefficient (Wildman–Crippen LogP) is 3.64. The average Bonchev–Trinajstić information content (AvgIpc) is 3.14. The second-order valence-electron chi connectivity index (χ2n) is 6.69. The molecule has 1 aliphatic rings. The number of thioether (sulfide) groups is 1. The maximum atomic E-state index is 13.4. The predicted molar refractivity (Wildman–Crippen MR) is 104 cm³/mol. The highest BCUT2D eigenvalue weighted by atomic mass is 32.2. The Morgan fingerprint density at radius 1 is 1.19 bits per heavy atom. The summed E-state index contributed by atoms with van der Waals surface area (Å²) in [5, 5.41) is 0.733. The Morgan fingerprint density at radius 3 is 2.67 bits per heavy atom.